The fourth-order valence-electron chi connectivity index (χ4n) is 4.92. The first-order valence-corrected chi connectivity index (χ1v) is 9.70. The van der Waals surface area contributed by atoms with Gasteiger partial charge in [-0.3, -0.25) is 14.9 Å². The van der Waals surface area contributed by atoms with E-state index < -0.39 is 35.1 Å². The Kier molecular flexibility index (Phi) is 4.57. The van der Waals surface area contributed by atoms with Crippen molar-refractivity contribution < 1.29 is 14.4 Å². The lowest BCUT2D eigenvalue weighted by Gasteiger charge is -2.50. The summed E-state index contributed by atoms with van der Waals surface area (Å²) in [5.41, 5.74) is 7.79. The monoisotopic (exact) mass is 389 g/mol. The van der Waals surface area contributed by atoms with Gasteiger partial charge in [0.05, 0.1) is 0 Å². The normalized spacial score (nSPS) is 29.5. The third-order valence-electron chi connectivity index (χ3n) is 6.33. The summed E-state index contributed by atoms with van der Waals surface area (Å²) in [5.74, 6) is -1.96. The van der Waals surface area contributed by atoms with Gasteiger partial charge in [0.15, 0.2) is 0 Å². The minimum absolute atomic E-state index is 0.0231. The van der Waals surface area contributed by atoms with Crippen LogP contribution in [0.25, 0.3) is 0 Å². The van der Waals surface area contributed by atoms with E-state index in [1.165, 1.54) is 0 Å². The second-order valence-electron chi connectivity index (χ2n) is 7.94. The Hall–Kier alpha value is -3.28. The second kappa shape index (κ2) is 6.95. The number of amides is 3. The van der Waals surface area contributed by atoms with Gasteiger partial charge in [-0.25, -0.2) is 4.79 Å². The molecule has 1 fully saturated rings. The molecule has 0 radical (unpaired) electrons. The highest BCUT2D eigenvalue weighted by atomic mass is 16.2. The summed E-state index contributed by atoms with van der Waals surface area (Å²) in [6.07, 6.45) is 0.158. The number of nitrogens with one attached hydrogen (secondary N) is 1. The zero-order chi connectivity index (χ0) is 20.8. The summed E-state index contributed by atoms with van der Waals surface area (Å²) in [4.78, 5) is 42.4. The summed E-state index contributed by atoms with van der Waals surface area (Å²) in [5, 5.41) is 2.36. The number of nitrogens with two attached hydrogens (primary N) is 1. The fourth-order valence-corrected chi connectivity index (χ4v) is 4.92. The number of nitrogens with zero attached hydrogens (tertiary/aromatic N) is 1. The third kappa shape index (κ3) is 2.87. The predicted molar refractivity (Wildman–Crippen MR) is 109 cm³/mol. The van der Waals surface area contributed by atoms with E-state index in [9.17, 15) is 14.4 Å². The summed E-state index contributed by atoms with van der Waals surface area (Å²) in [6.45, 7) is 3.80. The van der Waals surface area contributed by atoms with Crippen LogP contribution in [-0.4, -0.2) is 23.6 Å². The van der Waals surface area contributed by atoms with Crippen LogP contribution in [0, 0.1) is 18.3 Å². The van der Waals surface area contributed by atoms with E-state index in [0.29, 0.717) is 0 Å². The molecule has 1 aliphatic heterocycles. The van der Waals surface area contributed by atoms with Crippen molar-refractivity contribution in [3.05, 3.63) is 71.3 Å². The average Bonchev–Trinajstić information content (AvgIpc) is 2.69. The molecule has 4 rings (SSSR count). The number of aliphatic imine (C=N–C) groups is 1. The molecule has 2 aliphatic rings. The summed E-state index contributed by atoms with van der Waals surface area (Å²) < 4.78 is 0. The molecular formula is C23H23N3O3. The number of rotatable bonds is 2. The summed E-state index contributed by atoms with van der Waals surface area (Å²) in [7, 11) is 0. The molecule has 4 unspecified atom stereocenters. The Morgan fingerprint density at radius 3 is 2.28 bits per heavy atom. The lowest BCUT2D eigenvalue weighted by molar-refractivity contribution is -0.136. The molecule has 1 spiro atoms. The van der Waals surface area contributed by atoms with Crippen molar-refractivity contribution in [1.82, 2.24) is 5.32 Å². The molecule has 1 saturated carbocycles. The first-order valence-electron chi connectivity index (χ1n) is 9.70. The van der Waals surface area contributed by atoms with Crippen molar-refractivity contribution in [3.8, 4) is 0 Å². The van der Waals surface area contributed by atoms with Crippen molar-refractivity contribution in [1.29, 1.82) is 0 Å². The van der Waals surface area contributed by atoms with Gasteiger partial charge in [-0.15, -0.1) is 0 Å². The molecule has 2 aromatic carbocycles. The van der Waals surface area contributed by atoms with Crippen LogP contribution in [0.5, 0.6) is 0 Å². The number of imide groups is 1. The van der Waals surface area contributed by atoms with E-state index in [1.807, 2.05) is 68.4 Å². The SMILES string of the molecule is Cc1ccc(C2CC(=O)C(C)C(c3ccccc3)C23C(=O)NC(=O)N=C3N)cc1. The lowest BCUT2D eigenvalue weighted by atomic mass is 9.51. The van der Waals surface area contributed by atoms with Gasteiger partial charge in [0, 0.05) is 24.2 Å². The molecule has 0 saturated heterocycles. The number of hydrogen-bond acceptors (Lipinski definition) is 4. The van der Waals surface area contributed by atoms with Gasteiger partial charge in [-0.2, -0.15) is 4.99 Å². The van der Waals surface area contributed by atoms with Crippen LogP contribution in [0.15, 0.2) is 59.6 Å². The van der Waals surface area contributed by atoms with E-state index in [2.05, 4.69) is 10.3 Å². The Bertz CT molecular complexity index is 1010. The molecule has 29 heavy (non-hydrogen) atoms. The Morgan fingerprint density at radius 1 is 1.00 bits per heavy atom. The van der Waals surface area contributed by atoms with Crippen molar-refractivity contribution in [2.24, 2.45) is 22.1 Å². The maximum atomic E-state index is 13.5. The first-order chi connectivity index (χ1) is 13.9. The molecule has 3 amide bonds. The Morgan fingerprint density at radius 2 is 1.66 bits per heavy atom. The number of Topliss-reactive ketones (excluding diaryl/α,β-unsaturated/α-hetero) is 1. The zero-order valence-electron chi connectivity index (χ0n) is 16.4. The topological polar surface area (TPSA) is 102 Å². The molecule has 3 N–H and O–H groups in total. The number of benzene rings is 2. The molecule has 1 heterocycles. The van der Waals surface area contributed by atoms with Crippen LogP contribution in [0.4, 0.5) is 4.79 Å². The Labute approximate surface area is 169 Å². The highest BCUT2D eigenvalue weighted by Crippen LogP contribution is 2.57. The molecule has 0 bridgehead atoms. The van der Waals surface area contributed by atoms with Crippen LogP contribution in [-0.2, 0) is 9.59 Å². The van der Waals surface area contributed by atoms with Crippen molar-refractivity contribution in [3.63, 3.8) is 0 Å². The van der Waals surface area contributed by atoms with Gasteiger partial charge < -0.3 is 5.73 Å². The average molecular weight is 389 g/mol. The standard InChI is InChI=1S/C23H23N3O3/c1-13-8-10-15(11-9-13)17-12-18(27)14(2)19(16-6-4-3-5-7-16)23(17)20(24)25-22(29)26-21(23)28/h3-11,14,17,19H,12H2,1-2H3,(H3,24,25,26,28,29). The maximum absolute atomic E-state index is 13.5. The van der Waals surface area contributed by atoms with E-state index in [0.717, 1.165) is 16.7 Å². The minimum atomic E-state index is -1.32. The van der Waals surface area contributed by atoms with Crippen molar-refractivity contribution in [2.75, 3.05) is 0 Å². The number of carbonyl (C=O) groups excluding carboxylic acids is 3. The summed E-state index contributed by atoms with van der Waals surface area (Å²) in [6, 6.07) is 16.4. The van der Waals surface area contributed by atoms with Gasteiger partial charge in [-0.05, 0) is 18.1 Å². The van der Waals surface area contributed by atoms with Crippen molar-refractivity contribution >= 4 is 23.6 Å². The van der Waals surface area contributed by atoms with Crippen LogP contribution in [0.2, 0.25) is 0 Å². The second-order valence-corrected chi connectivity index (χ2v) is 7.94. The van der Waals surface area contributed by atoms with Gasteiger partial charge in [0.25, 0.3) is 0 Å². The van der Waals surface area contributed by atoms with E-state index in [1.54, 1.807) is 0 Å². The van der Waals surface area contributed by atoms with Crippen LogP contribution < -0.4 is 11.1 Å². The first kappa shape index (κ1) is 19.1. The maximum Gasteiger partial charge on any atom is 0.349 e. The van der Waals surface area contributed by atoms with E-state index in [4.69, 9.17) is 5.73 Å². The molecule has 6 heteroatoms. The van der Waals surface area contributed by atoms with Crippen molar-refractivity contribution in [2.45, 2.75) is 32.1 Å². The highest BCUT2D eigenvalue weighted by Gasteiger charge is 2.62. The highest BCUT2D eigenvalue weighted by molar-refractivity contribution is 6.20. The molecule has 1 aliphatic carbocycles. The zero-order valence-corrected chi connectivity index (χ0v) is 16.4. The van der Waals surface area contributed by atoms with Crippen LogP contribution >= 0.6 is 0 Å². The fraction of sp³-hybridized carbons (Fsp3) is 0.304. The molecule has 148 valence electrons. The number of ketones is 1. The molecule has 2 aromatic rings. The smallest absolute Gasteiger partial charge is 0.349 e. The summed E-state index contributed by atoms with van der Waals surface area (Å²) >= 11 is 0. The third-order valence-corrected chi connectivity index (χ3v) is 6.33. The minimum Gasteiger partial charge on any atom is -0.386 e. The number of carbonyl (C=O) groups is 3. The number of amidine groups is 1. The van der Waals surface area contributed by atoms with Crippen LogP contribution in [0.3, 0.4) is 0 Å². The Balaban J connectivity index is 2.01. The van der Waals surface area contributed by atoms with Gasteiger partial charge in [0.2, 0.25) is 5.91 Å². The molecule has 0 aromatic heterocycles. The lowest BCUT2D eigenvalue weighted by Crippen LogP contribution is -2.64. The largest absolute Gasteiger partial charge is 0.386 e. The number of hydrogen-bond donors (Lipinski definition) is 2. The number of urea groups is 1. The van der Waals surface area contributed by atoms with Gasteiger partial charge in [0.1, 0.15) is 17.0 Å². The van der Waals surface area contributed by atoms with Gasteiger partial charge >= 0.3 is 6.03 Å². The molecule has 6 nitrogen and oxygen atoms in total. The quantitative estimate of drug-likeness (QED) is 0.824. The molecule has 4 atom stereocenters. The number of aryl methyl sites for hydroxylation is 1. The molecular weight excluding hydrogens is 366 g/mol. The predicted octanol–water partition coefficient (Wildman–Crippen LogP) is 3.06. The van der Waals surface area contributed by atoms with E-state index in [-0.39, 0.29) is 18.0 Å². The van der Waals surface area contributed by atoms with Gasteiger partial charge in [-0.1, -0.05) is 67.1 Å². The van der Waals surface area contributed by atoms with Crippen LogP contribution in [0.1, 0.15) is 41.9 Å². The van der Waals surface area contributed by atoms with E-state index >= 15 is 0 Å².